The Morgan fingerprint density at radius 3 is 2.75 bits per heavy atom. The number of benzene rings is 3. The summed E-state index contributed by atoms with van der Waals surface area (Å²) in [6.07, 6.45) is -0.236. The zero-order valence-corrected chi connectivity index (χ0v) is 20.1. The van der Waals surface area contributed by atoms with Crippen LogP contribution < -0.4 is 14.2 Å². The Kier molecular flexibility index (Phi) is 6.73. The normalized spacial score (nSPS) is 16.6. The number of hydrogen-bond donors (Lipinski definition) is 1. The molecule has 2 atom stereocenters. The second kappa shape index (κ2) is 10.3. The lowest BCUT2D eigenvalue weighted by molar-refractivity contribution is 0.0504. The Hall–Kier alpha value is -4.10. The van der Waals surface area contributed by atoms with Crippen LogP contribution >= 0.6 is 0 Å². The zero-order valence-electron chi connectivity index (χ0n) is 20.1. The van der Waals surface area contributed by atoms with Crippen LogP contribution in [0.4, 0.5) is 0 Å². The molecule has 2 heterocycles. The Morgan fingerprint density at radius 1 is 1.06 bits per heavy atom. The average Bonchev–Trinajstić information content (AvgIpc) is 2.93. The average molecular weight is 486 g/mol. The molecule has 0 saturated carbocycles. The lowest BCUT2D eigenvalue weighted by Gasteiger charge is -2.31. The molecule has 0 unspecified atom stereocenters. The maximum absolute atomic E-state index is 12.1. The smallest absolute Gasteiger partial charge is 0.341 e. The molecule has 1 aliphatic heterocycles. The van der Waals surface area contributed by atoms with Gasteiger partial charge in [0.2, 0.25) is 0 Å². The van der Waals surface area contributed by atoms with Gasteiger partial charge in [-0.25, -0.2) is 9.78 Å². The number of methoxy groups -OCH3 is 2. The van der Waals surface area contributed by atoms with Crippen LogP contribution in [0.3, 0.4) is 0 Å². The van der Waals surface area contributed by atoms with Crippen LogP contribution in [0.1, 0.15) is 33.3 Å². The summed E-state index contributed by atoms with van der Waals surface area (Å²) in [5.74, 6) is 1.04. The molecule has 0 radical (unpaired) electrons. The monoisotopic (exact) mass is 485 g/mol. The highest BCUT2D eigenvalue weighted by atomic mass is 16.5. The Labute approximate surface area is 209 Å². The van der Waals surface area contributed by atoms with E-state index in [1.165, 1.54) is 14.2 Å². The number of nitrogens with zero attached hydrogens (tertiary/aromatic N) is 1. The van der Waals surface area contributed by atoms with Gasteiger partial charge in [0.25, 0.3) is 0 Å². The van der Waals surface area contributed by atoms with Crippen molar-refractivity contribution in [2.45, 2.75) is 19.1 Å². The number of esters is 1. The van der Waals surface area contributed by atoms with Crippen LogP contribution in [0.25, 0.3) is 10.9 Å². The number of carbonyl (C=O) groups excluding carboxylic acids is 1. The van der Waals surface area contributed by atoms with Crippen molar-refractivity contribution in [3.8, 4) is 17.2 Å². The Bertz CT molecular complexity index is 1400. The molecular weight excluding hydrogens is 458 g/mol. The minimum atomic E-state index is -0.750. The second-order valence-corrected chi connectivity index (χ2v) is 8.73. The number of rotatable bonds is 7. The van der Waals surface area contributed by atoms with Crippen molar-refractivity contribution in [3.05, 3.63) is 95.2 Å². The largest absolute Gasteiger partial charge is 0.496 e. The molecule has 1 aliphatic rings. The maximum atomic E-state index is 12.1. The van der Waals surface area contributed by atoms with Crippen LogP contribution in [-0.4, -0.2) is 36.9 Å². The number of ether oxygens (including phenoxy) is 4. The Balaban J connectivity index is 1.30. The van der Waals surface area contributed by atoms with Gasteiger partial charge in [0, 0.05) is 16.9 Å². The third-order valence-corrected chi connectivity index (χ3v) is 6.41. The van der Waals surface area contributed by atoms with Gasteiger partial charge in [-0.3, -0.25) is 0 Å². The molecule has 0 spiro atoms. The van der Waals surface area contributed by atoms with Crippen LogP contribution in [0, 0.1) is 5.92 Å². The molecule has 0 bridgehead atoms. The molecular formula is C29H27NO6. The number of fused-ring (bicyclic) bond motifs is 2. The first-order valence-corrected chi connectivity index (χ1v) is 11.7. The molecule has 7 heteroatoms. The van der Waals surface area contributed by atoms with Crippen molar-refractivity contribution in [1.82, 2.24) is 4.98 Å². The molecule has 7 nitrogen and oxygen atoms in total. The minimum Gasteiger partial charge on any atom is -0.496 e. The fourth-order valence-corrected chi connectivity index (χ4v) is 4.49. The molecule has 0 amide bonds. The number of carbonyl (C=O) groups is 1. The summed E-state index contributed by atoms with van der Waals surface area (Å²) in [7, 11) is 2.84. The summed E-state index contributed by atoms with van der Waals surface area (Å²) in [6, 6.07) is 22.8. The van der Waals surface area contributed by atoms with E-state index in [0.29, 0.717) is 48.0 Å². The van der Waals surface area contributed by atoms with Gasteiger partial charge in [-0.15, -0.1) is 0 Å². The van der Waals surface area contributed by atoms with Crippen molar-refractivity contribution in [1.29, 1.82) is 0 Å². The SMILES string of the molecule is COC(=O)c1cc(C[C@@H]2COc3ccc(OCc4ccc5ccccc5n4)cc3[C@@H]2O)ccc1OC. The first kappa shape index (κ1) is 23.6. The van der Waals surface area contributed by atoms with E-state index in [-0.39, 0.29) is 5.92 Å². The van der Waals surface area contributed by atoms with Crippen LogP contribution in [0.2, 0.25) is 0 Å². The lowest BCUT2D eigenvalue weighted by atomic mass is 9.87. The number of para-hydroxylation sites is 1. The summed E-state index contributed by atoms with van der Waals surface area (Å²) in [6.45, 7) is 0.668. The number of aliphatic hydroxyl groups excluding tert-OH is 1. The topological polar surface area (TPSA) is 87.1 Å². The van der Waals surface area contributed by atoms with E-state index >= 15 is 0 Å². The number of hydrogen-bond acceptors (Lipinski definition) is 7. The van der Waals surface area contributed by atoms with Crippen molar-refractivity contribution in [2.75, 3.05) is 20.8 Å². The fraction of sp³-hybridized carbons (Fsp3) is 0.241. The quantitative estimate of drug-likeness (QED) is 0.373. The van der Waals surface area contributed by atoms with Crippen LogP contribution in [0.5, 0.6) is 17.2 Å². The van der Waals surface area contributed by atoms with Gasteiger partial charge in [-0.1, -0.05) is 30.3 Å². The highest BCUT2D eigenvalue weighted by Gasteiger charge is 2.30. The summed E-state index contributed by atoms with van der Waals surface area (Å²) in [4.78, 5) is 16.8. The fourth-order valence-electron chi connectivity index (χ4n) is 4.49. The zero-order chi connectivity index (χ0) is 25.1. The number of aromatic nitrogens is 1. The van der Waals surface area contributed by atoms with Crippen molar-refractivity contribution in [2.24, 2.45) is 5.92 Å². The van der Waals surface area contributed by atoms with Gasteiger partial charge in [0.15, 0.2) is 0 Å². The van der Waals surface area contributed by atoms with E-state index in [1.807, 2.05) is 60.7 Å². The molecule has 36 heavy (non-hydrogen) atoms. The molecule has 4 aromatic rings. The Morgan fingerprint density at radius 2 is 1.92 bits per heavy atom. The molecule has 184 valence electrons. The van der Waals surface area contributed by atoms with Crippen LogP contribution in [0.15, 0.2) is 72.8 Å². The molecule has 0 aliphatic carbocycles. The van der Waals surface area contributed by atoms with E-state index in [0.717, 1.165) is 22.2 Å². The highest BCUT2D eigenvalue weighted by molar-refractivity contribution is 5.92. The van der Waals surface area contributed by atoms with Gasteiger partial charge < -0.3 is 24.1 Å². The third-order valence-electron chi connectivity index (χ3n) is 6.41. The summed E-state index contributed by atoms with van der Waals surface area (Å²) in [5, 5.41) is 12.3. The molecule has 1 aromatic heterocycles. The summed E-state index contributed by atoms with van der Waals surface area (Å²) >= 11 is 0. The van der Waals surface area contributed by atoms with E-state index in [4.69, 9.17) is 18.9 Å². The van der Waals surface area contributed by atoms with E-state index < -0.39 is 12.1 Å². The number of pyridine rings is 1. The molecule has 0 saturated heterocycles. The maximum Gasteiger partial charge on any atom is 0.341 e. The van der Waals surface area contributed by atoms with Gasteiger partial charge >= 0.3 is 5.97 Å². The third kappa shape index (κ3) is 4.83. The standard InChI is InChI=1S/C29H27NO6/c1-33-26-11-7-18(14-24(26)29(32)34-2)13-20-16-36-27-12-10-22(15-23(27)28(20)31)35-17-21-9-8-19-5-3-4-6-25(19)30-21/h3-12,14-15,20,28,31H,13,16-17H2,1-2H3/t20-,28-/m1/s1. The molecule has 1 N–H and O–H groups in total. The van der Waals surface area contributed by atoms with Crippen molar-refractivity contribution in [3.63, 3.8) is 0 Å². The predicted molar refractivity (Wildman–Crippen MR) is 134 cm³/mol. The van der Waals surface area contributed by atoms with E-state index in [1.54, 1.807) is 12.1 Å². The second-order valence-electron chi connectivity index (χ2n) is 8.73. The minimum absolute atomic E-state index is 0.200. The molecule has 5 rings (SSSR count). The summed E-state index contributed by atoms with van der Waals surface area (Å²) in [5.41, 5.74) is 3.65. The van der Waals surface area contributed by atoms with Gasteiger partial charge in [-0.2, -0.15) is 0 Å². The number of aliphatic hydroxyl groups is 1. The highest BCUT2D eigenvalue weighted by Crippen LogP contribution is 2.39. The van der Waals surface area contributed by atoms with Crippen molar-refractivity contribution < 1.29 is 28.8 Å². The first-order valence-electron chi connectivity index (χ1n) is 11.7. The predicted octanol–water partition coefficient (Wildman–Crippen LogP) is 4.89. The van der Waals surface area contributed by atoms with Crippen molar-refractivity contribution >= 4 is 16.9 Å². The van der Waals surface area contributed by atoms with E-state index in [9.17, 15) is 9.90 Å². The van der Waals surface area contributed by atoms with E-state index in [2.05, 4.69) is 4.98 Å². The van der Waals surface area contributed by atoms with Gasteiger partial charge in [-0.05, 0) is 54.4 Å². The first-order chi connectivity index (χ1) is 17.6. The molecule has 0 fully saturated rings. The van der Waals surface area contributed by atoms with Gasteiger partial charge in [0.05, 0.1) is 38.1 Å². The summed E-state index contributed by atoms with van der Waals surface area (Å²) < 4.78 is 22.1. The van der Waals surface area contributed by atoms with Gasteiger partial charge in [0.1, 0.15) is 29.4 Å². The van der Waals surface area contributed by atoms with Crippen LogP contribution in [-0.2, 0) is 17.8 Å². The molecule has 3 aromatic carbocycles. The lowest BCUT2D eigenvalue weighted by Crippen LogP contribution is -2.27.